The van der Waals surface area contributed by atoms with Crippen molar-refractivity contribution in [3.63, 3.8) is 0 Å². The van der Waals surface area contributed by atoms with Gasteiger partial charge in [0.2, 0.25) is 0 Å². The van der Waals surface area contributed by atoms with Gasteiger partial charge in [-0.15, -0.1) is 0 Å². The van der Waals surface area contributed by atoms with Crippen LogP contribution in [0, 0.1) is 0 Å². The van der Waals surface area contributed by atoms with E-state index >= 15 is 0 Å². The quantitative estimate of drug-likeness (QED) is 0.764. The third-order valence-corrected chi connectivity index (χ3v) is 2.57. The van der Waals surface area contributed by atoms with E-state index in [1.165, 1.54) is 6.42 Å². The Bertz CT molecular complexity index is 283. The Kier molecular flexibility index (Phi) is 3.37. The molecule has 0 saturated carbocycles. The van der Waals surface area contributed by atoms with E-state index in [1.807, 2.05) is 12.1 Å². The second-order valence-electron chi connectivity index (χ2n) is 3.23. The third kappa shape index (κ3) is 2.69. The van der Waals surface area contributed by atoms with Gasteiger partial charge in [-0.3, -0.25) is 0 Å². The van der Waals surface area contributed by atoms with Crippen LogP contribution in [0.5, 0.6) is 5.75 Å². The lowest BCUT2D eigenvalue weighted by Crippen LogP contribution is -2.24. The van der Waals surface area contributed by atoms with Gasteiger partial charge in [-0.05, 0) is 40.9 Å². The number of rotatable bonds is 2. The minimum atomic E-state index is -0.0910. The number of nitrogens with zero attached hydrogens (tertiary/aromatic N) is 1. The minimum absolute atomic E-state index is 0.0910. The van der Waals surface area contributed by atoms with Gasteiger partial charge in [0.05, 0.1) is 12.8 Å². The highest BCUT2D eigenvalue weighted by Gasteiger charge is 2.14. The number of aromatic nitrogens is 1. The first kappa shape index (κ1) is 9.93. The van der Waals surface area contributed by atoms with Crippen molar-refractivity contribution >= 4 is 15.9 Å². The molecule has 1 aliphatic heterocycles. The predicted molar refractivity (Wildman–Crippen MR) is 56.2 cm³/mol. The first-order valence-corrected chi connectivity index (χ1v) is 5.54. The van der Waals surface area contributed by atoms with E-state index in [9.17, 15) is 0 Å². The van der Waals surface area contributed by atoms with Crippen LogP contribution in [0.2, 0.25) is 0 Å². The maximum atomic E-state index is 5.60. The first-order chi connectivity index (χ1) is 6.84. The summed E-state index contributed by atoms with van der Waals surface area (Å²) < 4.78 is 11.9. The largest absolute Gasteiger partial charge is 0.463 e. The summed E-state index contributed by atoms with van der Waals surface area (Å²) in [5.74, 6) is 0.764. The van der Waals surface area contributed by atoms with Crippen molar-refractivity contribution in [1.29, 1.82) is 0 Å². The zero-order valence-electron chi connectivity index (χ0n) is 7.78. The van der Waals surface area contributed by atoms with Crippen LogP contribution in [-0.4, -0.2) is 17.9 Å². The van der Waals surface area contributed by atoms with Gasteiger partial charge in [-0.2, -0.15) is 0 Å². The molecule has 0 aliphatic carbocycles. The standard InChI is InChI=1S/C10H12BrNO2/c11-9-5-4-8(7-12-9)14-10-3-1-2-6-13-10/h4-5,7,10H,1-3,6H2. The molecule has 2 rings (SSSR count). The van der Waals surface area contributed by atoms with Crippen molar-refractivity contribution in [2.24, 2.45) is 0 Å². The molecule has 0 spiro atoms. The Hall–Kier alpha value is -0.610. The topological polar surface area (TPSA) is 31.4 Å². The van der Waals surface area contributed by atoms with Gasteiger partial charge < -0.3 is 9.47 Å². The Balaban J connectivity index is 1.92. The van der Waals surface area contributed by atoms with Crippen molar-refractivity contribution in [2.45, 2.75) is 25.6 Å². The number of pyridine rings is 1. The Morgan fingerprint density at radius 1 is 1.43 bits per heavy atom. The van der Waals surface area contributed by atoms with E-state index in [-0.39, 0.29) is 6.29 Å². The van der Waals surface area contributed by atoms with Crippen LogP contribution < -0.4 is 4.74 Å². The van der Waals surface area contributed by atoms with Crippen LogP contribution in [0.4, 0.5) is 0 Å². The fourth-order valence-corrected chi connectivity index (χ4v) is 1.62. The average molecular weight is 258 g/mol. The van der Waals surface area contributed by atoms with Gasteiger partial charge >= 0.3 is 0 Å². The van der Waals surface area contributed by atoms with Crippen LogP contribution in [0.15, 0.2) is 22.9 Å². The molecule has 1 saturated heterocycles. The van der Waals surface area contributed by atoms with Crippen molar-refractivity contribution < 1.29 is 9.47 Å². The monoisotopic (exact) mass is 257 g/mol. The molecule has 76 valence electrons. The lowest BCUT2D eigenvalue weighted by atomic mass is 10.2. The van der Waals surface area contributed by atoms with E-state index in [2.05, 4.69) is 20.9 Å². The average Bonchev–Trinajstić information content (AvgIpc) is 2.23. The SMILES string of the molecule is Brc1ccc(OC2CCCCO2)cn1. The number of ether oxygens (including phenoxy) is 2. The number of hydrogen-bond acceptors (Lipinski definition) is 3. The summed E-state index contributed by atoms with van der Waals surface area (Å²) in [7, 11) is 0. The maximum absolute atomic E-state index is 5.60. The molecule has 4 heteroatoms. The molecule has 1 aromatic heterocycles. The number of hydrogen-bond donors (Lipinski definition) is 0. The van der Waals surface area contributed by atoms with Gasteiger partial charge in [0.15, 0.2) is 6.29 Å². The zero-order valence-corrected chi connectivity index (χ0v) is 9.37. The number of halogens is 1. The fraction of sp³-hybridized carbons (Fsp3) is 0.500. The molecule has 0 aromatic carbocycles. The van der Waals surface area contributed by atoms with Crippen LogP contribution in [0.1, 0.15) is 19.3 Å². The highest BCUT2D eigenvalue weighted by atomic mass is 79.9. The summed E-state index contributed by atoms with van der Waals surface area (Å²) >= 11 is 3.27. The summed E-state index contributed by atoms with van der Waals surface area (Å²) in [5.41, 5.74) is 0. The Morgan fingerprint density at radius 2 is 2.36 bits per heavy atom. The van der Waals surface area contributed by atoms with Crippen molar-refractivity contribution in [3.8, 4) is 5.75 Å². The van der Waals surface area contributed by atoms with Crippen molar-refractivity contribution in [1.82, 2.24) is 4.98 Å². The zero-order chi connectivity index (χ0) is 9.80. The smallest absolute Gasteiger partial charge is 0.199 e. The lowest BCUT2D eigenvalue weighted by Gasteiger charge is -2.23. The minimum Gasteiger partial charge on any atom is -0.463 e. The normalized spacial score (nSPS) is 21.9. The molecule has 1 unspecified atom stereocenters. The Labute approximate surface area is 91.6 Å². The van der Waals surface area contributed by atoms with E-state index in [0.29, 0.717) is 0 Å². The third-order valence-electron chi connectivity index (χ3n) is 2.11. The van der Waals surface area contributed by atoms with Crippen LogP contribution in [-0.2, 0) is 4.74 Å². The van der Waals surface area contributed by atoms with E-state index in [4.69, 9.17) is 9.47 Å². The highest BCUT2D eigenvalue weighted by molar-refractivity contribution is 9.10. The Morgan fingerprint density at radius 3 is 3.00 bits per heavy atom. The highest BCUT2D eigenvalue weighted by Crippen LogP contribution is 2.19. The molecule has 3 nitrogen and oxygen atoms in total. The molecule has 0 amide bonds. The molecular formula is C10H12BrNO2. The summed E-state index contributed by atoms with van der Waals surface area (Å²) in [6.45, 7) is 0.800. The molecule has 0 bridgehead atoms. The second-order valence-corrected chi connectivity index (χ2v) is 4.04. The maximum Gasteiger partial charge on any atom is 0.199 e. The first-order valence-electron chi connectivity index (χ1n) is 4.74. The van der Waals surface area contributed by atoms with Crippen LogP contribution in [0.25, 0.3) is 0 Å². The lowest BCUT2D eigenvalue weighted by molar-refractivity contribution is -0.106. The van der Waals surface area contributed by atoms with Gasteiger partial charge in [0, 0.05) is 6.42 Å². The van der Waals surface area contributed by atoms with Crippen molar-refractivity contribution in [3.05, 3.63) is 22.9 Å². The van der Waals surface area contributed by atoms with E-state index in [0.717, 1.165) is 29.8 Å². The van der Waals surface area contributed by atoms with E-state index in [1.54, 1.807) is 6.20 Å². The molecule has 14 heavy (non-hydrogen) atoms. The van der Waals surface area contributed by atoms with Gasteiger partial charge in [-0.1, -0.05) is 0 Å². The second kappa shape index (κ2) is 4.75. The molecule has 2 heterocycles. The molecule has 1 aliphatic rings. The summed E-state index contributed by atoms with van der Waals surface area (Å²) in [4.78, 5) is 4.08. The van der Waals surface area contributed by atoms with Crippen LogP contribution >= 0.6 is 15.9 Å². The molecule has 1 aromatic rings. The molecular weight excluding hydrogens is 246 g/mol. The molecule has 0 N–H and O–H groups in total. The fourth-order valence-electron chi connectivity index (χ4n) is 1.39. The van der Waals surface area contributed by atoms with Crippen molar-refractivity contribution in [2.75, 3.05) is 6.61 Å². The predicted octanol–water partition coefficient (Wildman–Crippen LogP) is 2.75. The summed E-state index contributed by atoms with van der Waals surface area (Å²) in [6, 6.07) is 3.74. The molecule has 1 atom stereocenters. The molecule has 1 fully saturated rings. The van der Waals surface area contributed by atoms with Gasteiger partial charge in [0.25, 0.3) is 0 Å². The van der Waals surface area contributed by atoms with E-state index < -0.39 is 0 Å². The summed E-state index contributed by atoms with van der Waals surface area (Å²) in [6.07, 6.45) is 4.89. The van der Waals surface area contributed by atoms with Gasteiger partial charge in [-0.25, -0.2) is 4.98 Å². The molecule has 0 radical (unpaired) electrons. The van der Waals surface area contributed by atoms with Crippen LogP contribution in [0.3, 0.4) is 0 Å². The van der Waals surface area contributed by atoms with Gasteiger partial charge in [0.1, 0.15) is 10.4 Å². The summed E-state index contributed by atoms with van der Waals surface area (Å²) in [5, 5.41) is 0.